The largest absolute Gasteiger partial charge is 0.423 e. The third-order valence-corrected chi connectivity index (χ3v) is 9.84. The highest BCUT2D eigenvalue weighted by Crippen LogP contribution is 2.53. The van der Waals surface area contributed by atoms with Crippen molar-refractivity contribution < 1.29 is 9.15 Å². The lowest BCUT2D eigenvalue weighted by molar-refractivity contribution is 0.0672. The van der Waals surface area contributed by atoms with Crippen molar-refractivity contribution in [1.29, 1.82) is 0 Å². The van der Waals surface area contributed by atoms with Crippen LogP contribution in [0.1, 0.15) is 89.4 Å². The Morgan fingerprint density at radius 3 is 2.63 bits per heavy atom. The molecule has 1 saturated heterocycles. The molecule has 0 bridgehead atoms. The Kier molecular flexibility index (Phi) is 5.68. The van der Waals surface area contributed by atoms with E-state index in [1.807, 2.05) is 15.9 Å². The van der Waals surface area contributed by atoms with E-state index in [0.717, 1.165) is 37.5 Å². The van der Waals surface area contributed by atoms with E-state index in [-0.39, 0.29) is 6.04 Å². The number of nitrogens with zero attached hydrogens (tertiary/aromatic N) is 5. The smallest absolute Gasteiger partial charge is 0.235 e. The van der Waals surface area contributed by atoms with Gasteiger partial charge in [0, 0.05) is 34.5 Å². The van der Waals surface area contributed by atoms with Gasteiger partial charge < -0.3 is 19.5 Å². The Morgan fingerprint density at radius 1 is 1.05 bits per heavy atom. The highest BCUT2D eigenvalue weighted by atomic mass is 32.1. The molecule has 1 aliphatic heterocycles. The number of ether oxygens (including phenoxy) is 1. The molecule has 5 aromatic rings. The summed E-state index contributed by atoms with van der Waals surface area (Å²) >= 11 is 1.91. The minimum atomic E-state index is 0.00240. The standard InChI is InChI=1S/C28H33N7O2S/c1-13(2)21-22-16(5)24(17-8-18(9-17)26-33-34-27(37-26)20-11-36-7-6-29-20)38-28(22)32-23(21)19-10-35-25(30-12-31-35)15(4)14(19)3/h10,12-13,17-18,20,29,32H,6-9,11H2,1-5H3/t17-,18-,20-/m0/s1. The first-order valence-corrected chi connectivity index (χ1v) is 14.3. The molecule has 5 aromatic heterocycles. The first kappa shape index (κ1) is 24.0. The van der Waals surface area contributed by atoms with Crippen molar-refractivity contribution in [3.05, 3.63) is 51.4 Å². The van der Waals surface area contributed by atoms with Crippen LogP contribution in [0.25, 0.3) is 27.1 Å². The highest BCUT2D eigenvalue weighted by Gasteiger charge is 2.38. The number of morpholine rings is 1. The molecule has 2 aliphatic rings. The molecule has 1 aliphatic carbocycles. The Hall–Kier alpha value is -3.08. The molecule has 0 unspecified atom stereocenters. The van der Waals surface area contributed by atoms with Crippen LogP contribution >= 0.6 is 11.3 Å². The fraction of sp³-hybridized carbons (Fsp3) is 0.500. The molecule has 0 aromatic carbocycles. The topological polar surface area (TPSA) is 106 Å². The predicted octanol–water partition coefficient (Wildman–Crippen LogP) is 5.69. The minimum absolute atomic E-state index is 0.00240. The average Bonchev–Trinajstić information content (AvgIpc) is 3.67. The lowest BCUT2D eigenvalue weighted by atomic mass is 9.73. The van der Waals surface area contributed by atoms with Crippen molar-refractivity contribution in [3.63, 3.8) is 0 Å². The zero-order valence-electron chi connectivity index (χ0n) is 22.5. The molecule has 38 heavy (non-hydrogen) atoms. The number of H-pyrrole nitrogens is 1. The Bertz CT molecular complexity index is 1650. The van der Waals surface area contributed by atoms with E-state index in [4.69, 9.17) is 9.15 Å². The molecule has 9 nitrogen and oxygen atoms in total. The number of aromatic nitrogens is 6. The molecule has 1 saturated carbocycles. The molecule has 198 valence electrons. The van der Waals surface area contributed by atoms with E-state index in [1.54, 1.807) is 6.33 Å². The molecule has 0 radical (unpaired) electrons. The van der Waals surface area contributed by atoms with Crippen LogP contribution in [-0.4, -0.2) is 49.5 Å². The van der Waals surface area contributed by atoms with Crippen LogP contribution < -0.4 is 5.32 Å². The van der Waals surface area contributed by atoms with Gasteiger partial charge in [0.25, 0.3) is 0 Å². The van der Waals surface area contributed by atoms with E-state index in [2.05, 4.69) is 71.4 Å². The monoisotopic (exact) mass is 531 g/mol. The summed E-state index contributed by atoms with van der Waals surface area (Å²) in [5, 5.41) is 17.9. The molecular weight excluding hydrogens is 498 g/mol. The van der Waals surface area contributed by atoms with Crippen molar-refractivity contribution in [1.82, 2.24) is 35.1 Å². The number of hydrogen-bond acceptors (Lipinski definition) is 8. The minimum Gasteiger partial charge on any atom is -0.423 e. The lowest BCUT2D eigenvalue weighted by Crippen LogP contribution is -2.34. The second-order valence-electron chi connectivity index (χ2n) is 11.1. The molecular formula is C28H33N7O2S. The van der Waals surface area contributed by atoms with E-state index in [9.17, 15) is 0 Å². The maximum Gasteiger partial charge on any atom is 0.235 e. The summed E-state index contributed by atoms with van der Waals surface area (Å²) in [5.41, 5.74) is 8.53. The van der Waals surface area contributed by atoms with Crippen LogP contribution in [0.4, 0.5) is 0 Å². The zero-order valence-corrected chi connectivity index (χ0v) is 23.3. The van der Waals surface area contributed by atoms with Crippen molar-refractivity contribution in [2.75, 3.05) is 19.8 Å². The first-order valence-electron chi connectivity index (χ1n) is 13.5. The predicted molar refractivity (Wildman–Crippen MR) is 147 cm³/mol. The van der Waals surface area contributed by atoms with E-state index < -0.39 is 0 Å². The third-order valence-electron chi connectivity index (χ3n) is 8.47. The van der Waals surface area contributed by atoms with Gasteiger partial charge in [0.1, 0.15) is 17.2 Å². The van der Waals surface area contributed by atoms with Crippen molar-refractivity contribution >= 4 is 27.2 Å². The van der Waals surface area contributed by atoms with E-state index >= 15 is 0 Å². The second kappa shape index (κ2) is 9.00. The Balaban J connectivity index is 1.18. The SMILES string of the molecule is Cc1c(-c2[nH]c3sc([C@H]4C[C@H](c5nnc([C@@H]6COCCN6)o5)C4)c(C)c3c2C(C)C)cn2ncnc2c1C. The maximum absolute atomic E-state index is 6.07. The van der Waals surface area contributed by atoms with Crippen LogP contribution in [0, 0.1) is 20.8 Å². The Morgan fingerprint density at radius 2 is 1.87 bits per heavy atom. The number of fused-ring (bicyclic) bond motifs is 2. The average molecular weight is 532 g/mol. The number of rotatable bonds is 5. The molecule has 2 fully saturated rings. The van der Waals surface area contributed by atoms with Crippen LogP contribution in [0.5, 0.6) is 0 Å². The van der Waals surface area contributed by atoms with Crippen molar-refractivity contribution in [2.24, 2.45) is 0 Å². The van der Waals surface area contributed by atoms with Gasteiger partial charge in [0.15, 0.2) is 5.65 Å². The van der Waals surface area contributed by atoms with E-state index in [0.29, 0.717) is 30.3 Å². The van der Waals surface area contributed by atoms with Crippen molar-refractivity contribution in [3.8, 4) is 11.3 Å². The van der Waals surface area contributed by atoms with Gasteiger partial charge in [-0.05, 0) is 67.7 Å². The number of thiophene rings is 1. The summed E-state index contributed by atoms with van der Waals surface area (Å²) in [6.07, 6.45) is 5.84. The van der Waals surface area contributed by atoms with Gasteiger partial charge in [-0.1, -0.05) is 13.8 Å². The lowest BCUT2D eigenvalue weighted by Gasteiger charge is -2.33. The normalized spacial score (nSPS) is 22.1. The molecule has 7 rings (SSSR count). The van der Waals surface area contributed by atoms with Gasteiger partial charge in [-0.3, -0.25) is 0 Å². The van der Waals surface area contributed by atoms with Gasteiger partial charge in [0.05, 0.1) is 18.9 Å². The fourth-order valence-corrected chi connectivity index (χ4v) is 7.54. The molecule has 0 amide bonds. The zero-order chi connectivity index (χ0) is 26.1. The number of aromatic amines is 1. The third kappa shape index (κ3) is 3.65. The fourth-order valence-electron chi connectivity index (χ4n) is 6.19. The van der Waals surface area contributed by atoms with Gasteiger partial charge >= 0.3 is 0 Å². The number of aryl methyl sites for hydroxylation is 2. The maximum atomic E-state index is 6.07. The van der Waals surface area contributed by atoms with Crippen molar-refractivity contribution in [2.45, 2.75) is 71.3 Å². The molecule has 10 heteroatoms. The number of pyridine rings is 1. The van der Waals surface area contributed by atoms with E-state index in [1.165, 1.54) is 48.6 Å². The summed E-state index contributed by atoms with van der Waals surface area (Å²) in [6, 6.07) is 0.00240. The highest BCUT2D eigenvalue weighted by molar-refractivity contribution is 7.19. The van der Waals surface area contributed by atoms with Gasteiger partial charge in [-0.25, -0.2) is 9.50 Å². The van der Waals surface area contributed by atoms with Gasteiger partial charge in [-0.15, -0.1) is 21.5 Å². The second-order valence-corrected chi connectivity index (χ2v) is 12.2. The van der Waals surface area contributed by atoms with Crippen LogP contribution in [0.2, 0.25) is 0 Å². The van der Waals surface area contributed by atoms with Gasteiger partial charge in [0.2, 0.25) is 11.8 Å². The molecule has 2 N–H and O–H groups in total. The summed E-state index contributed by atoms with van der Waals surface area (Å²) < 4.78 is 13.5. The Labute approximate surface area is 225 Å². The number of hydrogen-bond donors (Lipinski definition) is 2. The first-order chi connectivity index (χ1) is 18.4. The van der Waals surface area contributed by atoms with Crippen LogP contribution in [-0.2, 0) is 4.74 Å². The van der Waals surface area contributed by atoms with Crippen LogP contribution in [0.15, 0.2) is 16.9 Å². The quantitative estimate of drug-likeness (QED) is 0.300. The molecule has 0 spiro atoms. The summed E-state index contributed by atoms with van der Waals surface area (Å²) in [4.78, 5) is 11.0. The molecule has 6 heterocycles. The summed E-state index contributed by atoms with van der Waals surface area (Å²) in [6.45, 7) is 13.3. The van der Waals surface area contributed by atoms with Gasteiger partial charge in [-0.2, -0.15) is 5.10 Å². The summed E-state index contributed by atoms with van der Waals surface area (Å²) in [7, 11) is 0. The molecule has 1 atom stereocenters. The number of nitrogens with one attached hydrogen (secondary N) is 2. The van der Waals surface area contributed by atoms with Crippen LogP contribution in [0.3, 0.4) is 0 Å². The summed E-state index contributed by atoms with van der Waals surface area (Å²) in [5.74, 6) is 2.65.